The van der Waals surface area contributed by atoms with Gasteiger partial charge in [-0.3, -0.25) is 0 Å². The molecule has 0 heterocycles. The number of carbonyl (C=O) groups excluding carboxylic acids is 1. The molecule has 22 heavy (non-hydrogen) atoms. The summed E-state index contributed by atoms with van der Waals surface area (Å²) >= 11 is 0. The van der Waals surface area contributed by atoms with Gasteiger partial charge in [-0.05, 0) is 43.9 Å². The van der Waals surface area contributed by atoms with E-state index in [-0.39, 0.29) is 6.03 Å². The Hall–Kier alpha value is -0.810. The monoisotopic (exact) mass is 312 g/mol. The summed E-state index contributed by atoms with van der Waals surface area (Å²) in [4.78, 5) is 12.2. The Labute approximate surface area is 134 Å². The van der Waals surface area contributed by atoms with Crippen LogP contribution in [0.2, 0.25) is 0 Å². The van der Waals surface area contributed by atoms with E-state index in [4.69, 9.17) is 4.74 Å². The zero-order valence-electron chi connectivity index (χ0n) is 13.9. The number of rotatable bonds is 8. The highest BCUT2D eigenvalue weighted by Crippen LogP contribution is 2.37. The molecular weight excluding hydrogens is 280 g/mol. The molecule has 5 nitrogen and oxygen atoms in total. The molecule has 2 rings (SSSR count). The third-order valence-electron chi connectivity index (χ3n) is 5.24. The molecule has 128 valence electrons. The van der Waals surface area contributed by atoms with Gasteiger partial charge in [-0.25, -0.2) is 4.79 Å². The zero-order chi connectivity index (χ0) is 15.8. The molecule has 2 amide bonds. The van der Waals surface area contributed by atoms with Gasteiger partial charge in [0, 0.05) is 19.7 Å². The van der Waals surface area contributed by atoms with Gasteiger partial charge in [-0.1, -0.05) is 25.7 Å². The maximum atomic E-state index is 12.2. The van der Waals surface area contributed by atoms with E-state index < -0.39 is 6.10 Å². The summed E-state index contributed by atoms with van der Waals surface area (Å²) in [6, 6.07) is 0.266. The van der Waals surface area contributed by atoms with Crippen LogP contribution in [0.3, 0.4) is 0 Å². The Morgan fingerprint density at radius 1 is 1.14 bits per heavy atom. The summed E-state index contributed by atoms with van der Waals surface area (Å²) in [7, 11) is 1.57. The molecule has 0 bridgehead atoms. The molecule has 0 radical (unpaired) electrons. The Kier molecular flexibility index (Phi) is 7.46. The smallest absolute Gasteiger partial charge is 0.315 e. The number of hydrogen-bond acceptors (Lipinski definition) is 3. The largest absolute Gasteiger partial charge is 0.391 e. The molecule has 2 fully saturated rings. The van der Waals surface area contributed by atoms with Crippen LogP contribution in [-0.4, -0.2) is 43.5 Å². The predicted octanol–water partition coefficient (Wildman–Crippen LogP) is 2.43. The van der Waals surface area contributed by atoms with Crippen LogP contribution in [0.4, 0.5) is 4.79 Å². The fourth-order valence-electron chi connectivity index (χ4n) is 4.08. The van der Waals surface area contributed by atoms with Crippen molar-refractivity contribution >= 4 is 6.03 Å². The van der Waals surface area contributed by atoms with Crippen LogP contribution in [0.25, 0.3) is 0 Å². The quantitative estimate of drug-likeness (QED) is 0.644. The van der Waals surface area contributed by atoms with Gasteiger partial charge < -0.3 is 20.5 Å². The number of methoxy groups -OCH3 is 1. The van der Waals surface area contributed by atoms with Crippen molar-refractivity contribution in [2.45, 2.75) is 69.9 Å². The van der Waals surface area contributed by atoms with Crippen LogP contribution in [0, 0.1) is 11.8 Å². The van der Waals surface area contributed by atoms with Crippen LogP contribution >= 0.6 is 0 Å². The lowest BCUT2D eigenvalue weighted by atomic mass is 9.86. The first-order valence-electron chi connectivity index (χ1n) is 8.92. The van der Waals surface area contributed by atoms with Gasteiger partial charge >= 0.3 is 6.03 Å². The van der Waals surface area contributed by atoms with Gasteiger partial charge in [0.2, 0.25) is 0 Å². The molecular formula is C17H32N2O3. The fourth-order valence-corrected chi connectivity index (χ4v) is 4.08. The Morgan fingerprint density at radius 2 is 1.68 bits per heavy atom. The SMILES string of the molecule is COCC(O)CCNC(=O)NC(C1CCCC1)C1CCCC1. The first-order chi connectivity index (χ1) is 10.7. The summed E-state index contributed by atoms with van der Waals surface area (Å²) in [5, 5.41) is 15.7. The molecule has 5 heteroatoms. The van der Waals surface area contributed by atoms with Crippen LogP contribution < -0.4 is 10.6 Å². The Morgan fingerprint density at radius 3 is 2.18 bits per heavy atom. The molecule has 0 saturated heterocycles. The highest BCUT2D eigenvalue weighted by Gasteiger charge is 2.34. The van der Waals surface area contributed by atoms with Gasteiger partial charge in [-0.2, -0.15) is 0 Å². The second-order valence-electron chi connectivity index (χ2n) is 6.91. The Balaban J connectivity index is 1.75. The van der Waals surface area contributed by atoms with Crippen molar-refractivity contribution in [3.8, 4) is 0 Å². The highest BCUT2D eigenvalue weighted by atomic mass is 16.5. The maximum Gasteiger partial charge on any atom is 0.315 e. The van der Waals surface area contributed by atoms with Crippen LogP contribution in [0.5, 0.6) is 0 Å². The van der Waals surface area contributed by atoms with E-state index in [0.717, 1.165) is 0 Å². The number of urea groups is 1. The molecule has 0 spiro atoms. The molecule has 3 N–H and O–H groups in total. The topological polar surface area (TPSA) is 70.6 Å². The number of amides is 2. The van der Waals surface area contributed by atoms with E-state index >= 15 is 0 Å². The second-order valence-corrected chi connectivity index (χ2v) is 6.91. The molecule has 1 unspecified atom stereocenters. The van der Waals surface area contributed by atoms with Crippen molar-refractivity contribution in [3.05, 3.63) is 0 Å². The average molecular weight is 312 g/mol. The minimum atomic E-state index is -0.509. The van der Waals surface area contributed by atoms with Crippen LogP contribution in [0.15, 0.2) is 0 Å². The number of carbonyl (C=O) groups is 1. The van der Waals surface area contributed by atoms with E-state index in [1.54, 1.807) is 7.11 Å². The number of aliphatic hydroxyl groups is 1. The fraction of sp³-hybridized carbons (Fsp3) is 0.941. The molecule has 2 saturated carbocycles. The van der Waals surface area contributed by atoms with Crippen molar-refractivity contribution in [2.75, 3.05) is 20.3 Å². The summed E-state index contributed by atoms with van der Waals surface area (Å²) in [6.45, 7) is 0.800. The summed E-state index contributed by atoms with van der Waals surface area (Å²) in [5.41, 5.74) is 0. The van der Waals surface area contributed by atoms with Crippen molar-refractivity contribution in [1.29, 1.82) is 0 Å². The van der Waals surface area contributed by atoms with E-state index in [1.807, 2.05) is 0 Å². The first-order valence-corrected chi connectivity index (χ1v) is 8.92. The molecule has 0 aliphatic heterocycles. The van der Waals surface area contributed by atoms with Gasteiger partial charge in [0.1, 0.15) is 0 Å². The lowest BCUT2D eigenvalue weighted by molar-refractivity contribution is 0.0598. The molecule has 2 aliphatic rings. The third-order valence-corrected chi connectivity index (χ3v) is 5.24. The third kappa shape index (κ3) is 5.43. The maximum absolute atomic E-state index is 12.2. The number of nitrogens with one attached hydrogen (secondary N) is 2. The van der Waals surface area contributed by atoms with E-state index in [1.165, 1.54) is 51.4 Å². The standard InChI is InChI=1S/C17H32N2O3/c1-22-12-15(20)10-11-18-17(21)19-16(13-6-2-3-7-13)14-8-4-5-9-14/h13-16,20H,2-12H2,1H3,(H2,18,19,21). The number of hydrogen-bond donors (Lipinski definition) is 3. The van der Waals surface area contributed by atoms with Crippen molar-refractivity contribution in [1.82, 2.24) is 10.6 Å². The highest BCUT2D eigenvalue weighted by molar-refractivity contribution is 5.74. The van der Waals surface area contributed by atoms with Gasteiger partial charge in [0.15, 0.2) is 0 Å². The van der Waals surface area contributed by atoms with Gasteiger partial charge in [0.05, 0.1) is 12.7 Å². The normalized spacial score (nSPS) is 21.4. The summed E-state index contributed by atoms with van der Waals surface area (Å²) < 4.78 is 4.88. The molecule has 0 aromatic heterocycles. The number of ether oxygens (including phenoxy) is 1. The lowest BCUT2D eigenvalue weighted by Gasteiger charge is -2.30. The van der Waals surface area contributed by atoms with Gasteiger partial charge in [0.25, 0.3) is 0 Å². The lowest BCUT2D eigenvalue weighted by Crippen LogP contribution is -2.48. The minimum absolute atomic E-state index is 0.0755. The van der Waals surface area contributed by atoms with Crippen molar-refractivity contribution in [2.24, 2.45) is 11.8 Å². The summed E-state index contributed by atoms with van der Waals surface area (Å²) in [5.74, 6) is 1.32. The summed E-state index contributed by atoms with van der Waals surface area (Å²) in [6.07, 6.45) is 10.3. The molecule has 0 aromatic carbocycles. The second kappa shape index (κ2) is 9.36. The van der Waals surface area contributed by atoms with Gasteiger partial charge in [-0.15, -0.1) is 0 Å². The number of aliphatic hydroxyl groups excluding tert-OH is 1. The first kappa shape index (κ1) is 17.5. The average Bonchev–Trinajstić information content (AvgIpc) is 3.18. The molecule has 2 aliphatic carbocycles. The van der Waals surface area contributed by atoms with E-state index in [9.17, 15) is 9.90 Å². The van der Waals surface area contributed by atoms with Crippen molar-refractivity contribution < 1.29 is 14.6 Å². The predicted molar refractivity (Wildman–Crippen MR) is 86.7 cm³/mol. The minimum Gasteiger partial charge on any atom is -0.391 e. The van der Waals surface area contributed by atoms with Crippen LogP contribution in [0.1, 0.15) is 57.8 Å². The molecule has 0 aromatic rings. The van der Waals surface area contributed by atoms with E-state index in [0.29, 0.717) is 37.5 Å². The molecule has 1 atom stereocenters. The Bertz CT molecular complexity index is 310. The zero-order valence-corrected chi connectivity index (χ0v) is 13.9. The van der Waals surface area contributed by atoms with Crippen molar-refractivity contribution in [3.63, 3.8) is 0 Å². The van der Waals surface area contributed by atoms with E-state index in [2.05, 4.69) is 10.6 Å². The van der Waals surface area contributed by atoms with Crippen LogP contribution in [-0.2, 0) is 4.74 Å².